The molecule has 0 saturated carbocycles. The van der Waals surface area contributed by atoms with E-state index < -0.39 is 11.9 Å². The summed E-state index contributed by atoms with van der Waals surface area (Å²) in [4.78, 5) is 17.6. The van der Waals surface area contributed by atoms with Crippen molar-refractivity contribution in [3.05, 3.63) is 28.3 Å². The number of carbonyl (C=O) groups is 1. The second kappa shape index (κ2) is 6.80. The van der Waals surface area contributed by atoms with E-state index >= 15 is 0 Å². The average Bonchev–Trinajstić information content (AvgIpc) is 3.10. The monoisotopic (exact) mass is 373 g/mol. The first-order chi connectivity index (χ1) is 11.8. The van der Waals surface area contributed by atoms with E-state index in [-0.39, 0.29) is 17.2 Å². The molecule has 5 nitrogen and oxygen atoms in total. The maximum Gasteiger partial charge on any atom is 0.452 e. The molecule has 0 unspecified atom stereocenters. The molecule has 0 aliphatic carbocycles. The Labute approximate surface area is 147 Å². The minimum atomic E-state index is -4.58. The Morgan fingerprint density at radius 2 is 2.00 bits per heavy atom. The minimum absolute atomic E-state index is 0.0650. The van der Waals surface area contributed by atoms with Crippen LogP contribution in [0.1, 0.15) is 27.4 Å². The molecule has 1 aliphatic heterocycles. The molecule has 1 amide bonds. The predicted molar refractivity (Wildman–Crippen MR) is 87.6 cm³/mol. The van der Waals surface area contributed by atoms with Crippen molar-refractivity contribution < 1.29 is 22.5 Å². The van der Waals surface area contributed by atoms with Gasteiger partial charge in [0, 0.05) is 25.2 Å². The lowest BCUT2D eigenvalue weighted by molar-refractivity contribution is -0.156. The average molecular weight is 373 g/mol. The third kappa shape index (κ3) is 3.72. The van der Waals surface area contributed by atoms with E-state index in [4.69, 9.17) is 0 Å². The van der Waals surface area contributed by atoms with Crippen LogP contribution in [0, 0.1) is 6.92 Å². The van der Waals surface area contributed by atoms with Crippen LogP contribution in [0.5, 0.6) is 0 Å². The number of hydrogen-bond acceptors (Lipinski definition) is 5. The zero-order valence-corrected chi connectivity index (χ0v) is 14.7. The van der Waals surface area contributed by atoms with E-state index in [9.17, 15) is 18.0 Å². The first-order valence-electron chi connectivity index (χ1n) is 7.89. The minimum Gasteiger partial charge on any atom is -0.351 e. The molecule has 136 valence electrons. The van der Waals surface area contributed by atoms with Gasteiger partial charge >= 0.3 is 6.18 Å². The van der Waals surface area contributed by atoms with Gasteiger partial charge in [0.2, 0.25) is 5.76 Å². The summed E-state index contributed by atoms with van der Waals surface area (Å²) in [6, 6.07) is 3.26. The molecule has 3 rings (SSSR count). The van der Waals surface area contributed by atoms with Crippen molar-refractivity contribution in [2.45, 2.75) is 19.5 Å². The quantitative estimate of drug-likeness (QED) is 0.808. The maximum absolute atomic E-state index is 12.8. The van der Waals surface area contributed by atoms with E-state index in [2.05, 4.69) is 14.6 Å². The number of alkyl halides is 3. The molecule has 1 fully saturated rings. The number of nitrogens with zero attached hydrogens (tertiary/aromatic N) is 3. The molecular weight excluding hydrogens is 355 g/mol. The van der Waals surface area contributed by atoms with Gasteiger partial charge < -0.3 is 14.3 Å². The zero-order chi connectivity index (χ0) is 18.2. The summed E-state index contributed by atoms with van der Waals surface area (Å²) in [5, 5.41) is 3.55. The van der Waals surface area contributed by atoms with Crippen molar-refractivity contribution in [3.8, 4) is 10.6 Å². The summed E-state index contributed by atoms with van der Waals surface area (Å²) in [6.07, 6.45) is -3.68. The fourth-order valence-corrected chi connectivity index (χ4v) is 3.83. The normalized spacial score (nSPS) is 16.9. The van der Waals surface area contributed by atoms with Crippen LogP contribution in [0.4, 0.5) is 13.2 Å². The highest BCUT2D eigenvalue weighted by Crippen LogP contribution is 2.38. The molecule has 3 heterocycles. The molecule has 0 bridgehead atoms. The van der Waals surface area contributed by atoms with Crippen LogP contribution in [0.25, 0.3) is 10.6 Å². The van der Waals surface area contributed by atoms with Crippen molar-refractivity contribution in [1.82, 2.24) is 15.0 Å². The van der Waals surface area contributed by atoms with E-state index in [1.54, 1.807) is 17.0 Å². The second-order valence-corrected chi connectivity index (χ2v) is 7.18. The van der Waals surface area contributed by atoms with Gasteiger partial charge in [-0.2, -0.15) is 13.2 Å². The lowest BCUT2D eigenvalue weighted by atomic mass is 10.2. The van der Waals surface area contributed by atoms with E-state index in [1.165, 1.54) is 6.92 Å². The van der Waals surface area contributed by atoms with Crippen molar-refractivity contribution in [1.29, 1.82) is 0 Å². The van der Waals surface area contributed by atoms with Gasteiger partial charge in [-0.15, -0.1) is 11.3 Å². The number of likely N-dealkylation sites (N-methyl/N-ethyl adjacent to an activating group) is 1. The standard InChI is InChI=1S/C16H18F3N3O2S/c1-10-13(20-24-14(10)16(17,18)19)11-4-5-12(25-11)15(23)22-7-3-6-21(2)8-9-22/h4-5H,3,6-9H2,1-2H3. The lowest BCUT2D eigenvalue weighted by Crippen LogP contribution is -2.34. The van der Waals surface area contributed by atoms with E-state index in [0.29, 0.717) is 22.8 Å². The van der Waals surface area contributed by atoms with E-state index in [1.807, 2.05) is 7.05 Å². The Bertz CT molecular complexity index is 769. The van der Waals surface area contributed by atoms with Crippen LogP contribution in [-0.4, -0.2) is 54.1 Å². The van der Waals surface area contributed by atoms with Gasteiger partial charge in [0.1, 0.15) is 5.69 Å². The molecule has 0 spiro atoms. The molecular formula is C16H18F3N3O2S. The molecule has 0 N–H and O–H groups in total. The number of hydrogen-bond donors (Lipinski definition) is 0. The van der Waals surface area contributed by atoms with Crippen molar-refractivity contribution in [3.63, 3.8) is 0 Å². The van der Waals surface area contributed by atoms with Crippen molar-refractivity contribution in [2.75, 3.05) is 33.2 Å². The van der Waals surface area contributed by atoms with Gasteiger partial charge in [0.05, 0.1) is 9.75 Å². The van der Waals surface area contributed by atoms with Crippen molar-refractivity contribution in [2.24, 2.45) is 0 Å². The Balaban J connectivity index is 1.81. The summed E-state index contributed by atoms with van der Waals surface area (Å²) in [6.45, 7) is 4.39. The number of amides is 1. The highest BCUT2D eigenvalue weighted by atomic mass is 32.1. The third-order valence-electron chi connectivity index (χ3n) is 4.24. The lowest BCUT2D eigenvalue weighted by Gasteiger charge is -2.19. The number of rotatable bonds is 2. The van der Waals surface area contributed by atoms with E-state index in [0.717, 1.165) is 30.8 Å². The topological polar surface area (TPSA) is 49.6 Å². The fraction of sp³-hybridized carbons (Fsp3) is 0.500. The fourth-order valence-electron chi connectivity index (χ4n) is 2.82. The highest BCUT2D eigenvalue weighted by molar-refractivity contribution is 7.17. The summed E-state index contributed by atoms with van der Waals surface area (Å²) < 4.78 is 42.9. The van der Waals surface area contributed by atoms with Gasteiger partial charge in [-0.05, 0) is 39.1 Å². The number of halogens is 3. The maximum atomic E-state index is 12.8. The molecule has 1 saturated heterocycles. The van der Waals surface area contributed by atoms with Crippen LogP contribution in [0.2, 0.25) is 0 Å². The van der Waals surface area contributed by atoms with Crippen LogP contribution < -0.4 is 0 Å². The van der Waals surface area contributed by atoms with Crippen LogP contribution in [0.15, 0.2) is 16.7 Å². The molecule has 0 atom stereocenters. The van der Waals surface area contributed by atoms with Crippen LogP contribution in [0.3, 0.4) is 0 Å². The molecule has 1 aliphatic rings. The second-order valence-electron chi connectivity index (χ2n) is 6.10. The number of thiophene rings is 1. The first-order valence-corrected chi connectivity index (χ1v) is 8.70. The smallest absolute Gasteiger partial charge is 0.351 e. The largest absolute Gasteiger partial charge is 0.452 e. The van der Waals surface area contributed by atoms with Crippen LogP contribution >= 0.6 is 11.3 Å². The van der Waals surface area contributed by atoms with Gasteiger partial charge in [-0.1, -0.05) is 5.16 Å². The number of aromatic nitrogens is 1. The third-order valence-corrected chi connectivity index (χ3v) is 5.32. The summed E-state index contributed by atoms with van der Waals surface area (Å²) >= 11 is 1.14. The molecule has 25 heavy (non-hydrogen) atoms. The molecule has 0 radical (unpaired) electrons. The van der Waals surface area contributed by atoms with Gasteiger partial charge in [-0.3, -0.25) is 4.79 Å². The van der Waals surface area contributed by atoms with Crippen molar-refractivity contribution >= 4 is 17.2 Å². The summed E-state index contributed by atoms with van der Waals surface area (Å²) in [7, 11) is 2.02. The zero-order valence-electron chi connectivity index (χ0n) is 13.9. The number of carbonyl (C=O) groups excluding carboxylic acids is 1. The highest BCUT2D eigenvalue weighted by Gasteiger charge is 2.39. The predicted octanol–water partition coefficient (Wildman–Crippen LogP) is 3.51. The van der Waals surface area contributed by atoms with Gasteiger partial charge in [0.25, 0.3) is 5.91 Å². The Morgan fingerprint density at radius 1 is 1.24 bits per heavy atom. The molecule has 2 aromatic heterocycles. The summed E-state index contributed by atoms with van der Waals surface area (Å²) in [5.41, 5.74) is 0.0664. The summed E-state index contributed by atoms with van der Waals surface area (Å²) in [5.74, 6) is -1.19. The van der Waals surface area contributed by atoms with Crippen LogP contribution in [-0.2, 0) is 6.18 Å². The SMILES string of the molecule is Cc1c(-c2ccc(C(=O)N3CCCN(C)CC3)s2)noc1C(F)(F)F. The molecule has 9 heteroatoms. The molecule has 0 aromatic carbocycles. The Morgan fingerprint density at radius 3 is 2.68 bits per heavy atom. The van der Waals surface area contributed by atoms with Gasteiger partial charge in [0.15, 0.2) is 0 Å². The Kier molecular flexibility index (Phi) is 4.88. The van der Waals surface area contributed by atoms with Gasteiger partial charge in [-0.25, -0.2) is 0 Å². The molecule has 2 aromatic rings. The first kappa shape index (κ1) is 17.9. The Hall–Kier alpha value is -1.87.